The zero-order valence-corrected chi connectivity index (χ0v) is 13.8. The van der Waals surface area contributed by atoms with E-state index in [1.165, 1.54) is 4.31 Å². The molecule has 2 aromatic rings. The average molecular weight is 358 g/mol. The molecule has 1 fully saturated rings. The topological polar surface area (TPSA) is 42.3 Å². The molecule has 0 atom stereocenters. The Hall–Kier alpha value is -1.80. The van der Waals surface area contributed by atoms with E-state index in [1.54, 1.807) is 0 Å². The maximum atomic E-state index is 12.8. The molecular formula is C16H17F3N2O2S. The third-order valence-electron chi connectivity index (χ3n) is 4.11. The molecule has 1 aliphatic carbocycles. The second kappa shape index (κ2) is 5.93. The lowest BCUT2D eigenvalue weighted by molar-refractivity contribution is -0.137. The zero-order chi connectivity index (χ0) is 17.5. The van der Waals surface area contributed by atoms with Gasteiger partial charge in [0.25, 0.3) is 0 Å². The Morgan fingerprint density at radius 3 is 2.25 bits per heavy atom. The number of nitrogens with zero attached hydrogens (tertiary/aromatic N) is 2. The van der Waals surface area contributed by atoms with Gasteiger partial charge in [-0.2, -0.15) is 17.5 Å². The van der Waals surface area contributed by atoms with E-state index in [1.807, 2.05) is 29.9 Å². The van der Waals surface area contributed by atoms with Gasteiger partial charge in [-0.15, -0.1) is 0 Å². The highest BCUT2D eigenvalue weighted by Gasteiger charge is 2.39. The Morgan fingerprint density at radius 1 is 1.17 bits per heavy atom. The van der Waals surface area contributed by atoms with E-state index in [4.69, 9.17) is 0 Å². The number of sulfonamides is 1. The van der Waals surface area contributed by atoms with Crippen molar-refractivity contribution >= 4 is 10.0 Å². The van der Waals surface area contributed by atoms with Crippen LogP contribution >= 0.6 is 0 Å². The first kappa shape index (κ1) is 17.0. The monoisotopic (exact) mass is 358 g/mol. The first-order valence-corrected chi connectivity index (χ1v) is 8.93. The molecule has 0 radical (unpaired) electrons. The van der Waals surface area contributed by atoms with E-state index >= 15 is 0 Å². The second-order valence-corrected chi connectivity index (χ2v) is 7.80. The maximum absolute atomic E-state index is 12.8. The molecule has 130 valence electrons. The number of rotatable bonds is 5. The molecule has 3 rings (SSSR count). The van der Waals surface area contributed by atoms with Gasteiger partial charge in [0.1, 0.15) is 0 Å². The summed E-state index contributed by atoms with van der Waals surface area (Å²) in [5, 5.41) is 0. The molecule has 0 bridgehead atoms. The van der Waals surface area contributed by atoms with Crippen molar-refractivity contribution in [3.05, 3.63) is 53.9 Å². The summed E-state index contributed by atoms with van der Waals surface area (Å²) < 4.78 is 66.8. The summed E-state index contributed by atoms with van der Waals surface area (Å²) in [6.45, 7) is 0.206. The van der Waals surface area contributed by atoms with Crippen LogP contribution in [-0.4, -0.2) is 23.3 Å². The second-order valence-electron chi connectivity index (χ2n) is 5.91. The highest BCUT2D eigenvalue weighted by molar-refractivity contribution is 7.89. The standard InChI is InChI=1S/C16H17F3N2O2S/c1-20-10-2-3-14(20)11-21(13-6-7-13)24(22,23)15-8-4-12(5-9-15)16(17,18)19/h2-5,8-10,13H,6-7,11H2,1H3. The molecule has 0 amide bonds. The number of aromatic nitrogens is 1. The first-order chi connectivity index (χ1) is 11.2. The largest absolute Gasteiger partial charge is 0.416 e. The number of hydrogen-bond donors (Lipinski definition) is 0. The summed E-state index contributed by atoms with van der Waals surface area (Å²) in [6.07, 6.45) is -1.12. The Balaban J connectivity index is 1.90. The fourth-order valence-electron chi connectivity index (χ4n) is 2.54. The van der Waals surface area contributed by atoms with E-state index in [0.717, 1.165) is 42.8 Å². The Morgan fingerprint density at radius 2 is 1.79 bits per heavy atom. The van der Waals surface area contributed by atoms with Gasteiger partial charge in [-0.3, -0.25) is 0 Å². The molecule has 1 aromatic carbocycles. The molecule has 1 saturated carbocycles. The first-order valence-electron chi connectivity index (χ1n) is 7.49. The Bertz CT molecular complexity index is 822. The van der Waals surface area contributed by atoms with Gasteiger partial charge in [-0.1, -0.05) is 0 Å². The van der Waals surface area contributed by atoms with Crippen LogP contribution in [0.2, 0.25) is 0 Å². The fourth-order valence-corrected chi connectivity index (χ4v) is 4.20. The van der Waals surface area contributed by atoms with Crippen LogP contribution in [0, 0.1) is 0 Å². The molecule has 4 nitrogen and oxygen atoms in total. The average Bonchev–Trinajstić information content (AvgIpc) is 3.27. The summed E-state index contributed by atoms with van der Waals surface area (Å²) in [4.78, 5) is -0.114. The minimum Gasteiger partial charge on any atom is -0.353 e. The smallest absolute Gasteiger partial charge is 0.353 e. The van der Waals surface area contributed by atoms with Gasteiger partial charge in [0.05, 0.1) is 17.0 Å². The van der Waals surface area contributed by atoms with Crippen LogP contribution in [0.25, 0.3) is 0 Å². The summed E-state index contributed by atoms with van der Waals surface area (Å²) >= 11 is 0. The highest BCUT2D eigenvalue weighted by Crippen LogP contribution is 2.35. The quantitative estimate of drug-likeness (QED) is 0.822. The highest BCUT2D eigenvalue weighted by atomic mass is 32.2. The van der Waals surface area contributed by atoms with Crippen LogP contribution in [0.15, 0.2) is 47.5 Å². The van der Waals surface area contributed by atoms with E-state index in [2.05, 4.69) is 0 Å². The lowest BCUT2D eigenvalue weighted by atomic mass is 10.2. The summed E-state index contributed by atoms with van der Waals surface area (Å²) in [5.41, 5.74) is -0.0285. The van der Waals surface area contributed by atoms with Gasteiger partial charge < -0.3 is 4.57 Å². The van der Waals surface area contributed by atoms with Crippen molar-refractivity contribution in [1.82, 2.24) is 8.87 Å². The minimum absolute atomic E-state index is 0.0906. The normalized spacial score (nSPS) is 15.9. The van der Waals surface area contributed by atoms with Crippen LogP contribution in [0.1, 0.15) is 24.1 Å². The van der Waals surface area contributed by atoms with Gasteiger partial charge in [0.15, 0.2) is 0 Å². The number of benzene rings is 1. The Labute approximate surface area is 138 Å². The fraction of sp³-hybridized carbons (Fsp3) is 0.375. The number of halogens is 3. The predicted octanol–water partition coefficient (Wildman–Crippen LogP) is 3.40. The van der Waals surface area contributed by atoms with Gasteiger partial charge in [-0.25, -0.2) is 8.42 Å². The van der Waals surface area contributed by atoms with Crippen molar-refractivity contribution in [2.75, 3.05) is 0 Å². The van der Waals surface area contributed by atoms with Crippen molar-refractivity contribution in [1.29, 1.82) is 0 Å². The van der Waals surface area contributed by atoms with Crippen molar-refractivity contribution in [2.45, 2.75) is 36.5 Å². The number of hydrogen-bond acceptors (Lipinski definition) is 2. The van der Waals surface area contributed by atoms with Crippen LogP contribution in [-0.2, 0) is 29.8 Å². The maximum Gasteiger partial charge on any atom is 0.416 e. The minimum atomic E-state index is -4.48. The van der Waals surface area contributed by atoms with E-state index < -0.39 is 21.8 Å². The number of alkyl halides is 3. The van der Waals surface area contributed by atoms with E-state index in [9.17, 15) is 21.6 Å². The van der Waals surface area contributed by atoms with Crippen LogP contribution < -0.4 is 0 Å². The molecule has 0 N–H and O–H groups in total. The third-order valence-corrected chi connectivity index (χ3v) is 6.02. The van der Waals surface area contributed by atoms with Crippen molar-refractivity contribution in [2.24, 2.45) is 7.05 Å². The molecule has 0 spiro atoms. The lowest BCUT2D eigenvalue weighted by Crippen LogP contribution is -2.33. The molecule has 0 unspecified atom stereocenters. The van der Waals surface area contributed by atoms with Crippen LogP contribution in [0.5, 0.6) is 0 Å². The van der Waals surface area contributed by atoms with E-state index in [0.29, 0.717) is 0 Å². The van der Waals surface area contributed by atoms with Gasteiger partial charge >= 0.3 is 6.18 Å². The molecule has 1 heterocycles. The molecule has 8 heteroatoms. The molecule has 0 saturated heterocycles. The Kier molecular flexibility index (Phi) is 4.21. The van der Waals surface area contributed by atoms with Gasteiger partial charge in [-0.05, 0) is 49.2 Å². The van der Waals surface area contributed by atoms with Gasteiger partial charge in [0, 0.05) is 25.0 Å². The molecule has 1 aromatic heterocycles. The van der Waals surface area contributed by atoms with Crippen LogP contribution in [0.4, 0.5) is 13.2 Å². The summed E-state index contributed by atoms with van der Waals surface area (Å²) in [5.74, 6) is 0. The molecule has 1 aliphatic rings. The zero-order valence-electron chi connectivity index (χ0n) is 13.0. The summed E-state index contributed by atoms with van der Waals surface area (Å²) in [7, 11) is -2.02. The SMILES string of the molecule is Cn1cccc1CN(C1CC1)S(=O)(=O)c1ccc(C(F)(F)F)cc1. The van der Waals surface area contributed by atoms with Crippen molar-refractivity contribution in [3.63, 3.8) is 0 Å². The lowest BCUT2D eigenvalue weighted by Gasteiger charge is -2.22. The van der Waals surface area contributed by atoms with Crippen LogP contribution in [0.3, 0.4) is 0 Å². The molecule has 0 aliphatic heterocycles. The third kappa shape index (κ3) is 3.34. The molecular weight excluding hydrogens is 341 g/mol. The number of aryl methyl sites for hydroxylation is 1. The van der Waals surface area contributed by atoms with Gasteiger partial charge in [0.2, 0.25) is 10.0 Å². The van der Waals surface area contributed by atoms with Crippen molar-refractivity contribution in [3.8, 4) is 0 Å². The molecule has 24 heavy (non-hydrogen) atoms. The summed E-state index contributed by atoms with van der Waals surface area (Å²) in [6, 6.07) is 7.23. The van der Waals surface area contributed by atoms with Crippen molar-refractivity contribution < 1.29 is 21.6 Å². The predicted molar refractivity (Wildman–Crippen MR) is 82.6 cm³/mol. The van der Waals surface area contributed by atoms with E-state index in [-0.39, 0.29) is 17.5 Å².